The Kier molecular flexibility index (Phi) is 6.20. The monoisotopic (exact) mass is 237 g/mol. The largest absolute Gasteiger partial charge is 0.316 e. The van der Waals surface area contributed by atoms with E-state index in [1.165, 1.54) is 12.0 Å². The number of hydrogen-bond acceptors (Lipinski definition) is 1. The van der Waals surface area contributed by atoms with Crippen molar-refractivity contribution in [2.24, 2.45) is 0 Å². The molecule has 0 saturated carbocycles. The van der Waals surface area contributed by atoms with Crippen LogP contribution in [0.1, 0.15) is 32.3 Å². The Hall–Kier alpha value is -0.790. The lowest BCUT2D eigenvalue weighted by molar-refractivity contribution is 0.678. The number of benzene rings is 1. The molecule has 1 N–H and O–H groups in total. The minimum Gasteiger partial charge on any atom is -0.316 e. The summed E-state index contributed by atoms with van der Waals surface area (Å²) in [5.41, 5.74) is 2.39. The molecule has 2 heteroatoms. The Balaban J connectivity index is 2.47. The minimum absolute atomic E-state index is 0.831. The van der Waals surface area contributed by atoms with Crippen LogP contribution in [0.25, 0.3) is 5.57 Å². The van der Waals surface area contributed by atoms with Crippen LogP contribution in [0.2, 0.25) is 5.02 Å². The molecular weight excluding hydrogens is 218 g/mol. The van der Waals surface area contributed by atoms with Crippen LogP contribution < -0.4 is 5.32 Å². The first-order valence-corrected chi connectivity index (χ1v) is 6.26. The quantitative estimate of drug-likeness (QED) is 0.734. The van der Waals surface area contributed by atoms with Gasteiger partial charge in [-0.05, 0) is 50.1 Å². The van der Waals surface area contributed by atoms with Crippen LogP contribution in [0.5, 0.6) is 0 Å². The van der Waals surface area contributed by atoms with Crippen molar-refractivity contribution in [3.63, 3.8) is 0 Å². The second-order valence-corrected chi connectivity index (χ2v) is 4.31. The highest BCUT2D eigenvalue weighted by Gasteiger charge is 1.99. The lowest BCUT2D eigenvalue weighted by atomic mass is 10.1. The van der Waals surface area contributed by atoms with Gasteiger partial charge in [0.25, 0.3) is 0 Å². The summed E-state index contributed by atoms with van der Waals surface area (Å²) in [5.74, 6) is 0. The second-order valence-electron chi connectivity index (χ2n) is 3.91. The van der Waals surface area contributed by atoms with Crippen LogP contribution in [0.3, 0.4) is 0 Å². The van der Waals surface area contributed by atoms with Gasteiger partial charge in [0.1, 0.15) is 0 Å². The molecule has 16 heavy (non-hydrogen) atoms. The molecule has 0 spiro atoms. The summed E-state index contributed by atoms with van der Waals surface area (Å²) in [4.78, 5) is 0. The summed E-state index contributed by atoms with van der Waals surface area (Å²) >= 11 is 6.13. The topological polar surface area (TPSA) is 12.0 Å². The number of nitrogens with one attached hydrogen (secondary N) is 1. The van der Waals surface area contributed by atoms with E-state index in [0.717, 1.165) is 30.1 Å². The molecule has 88 valence electrons. The average molecular weight is 238 g/mol. The van der Waals surface area contributed by atoms with Gasteiger partial charge in [-0.1, -0.05) is 42.8 Å². The maximum atomic E-state index is 6.13. The highest BCUT2D eigenvalue weighted by Crippen LogP contribution is 2.23. The van der Waals surface area contributed by atoms with Crippen molar-refractivity contribution in [2.75, 3.05) is 13.1 Å². The maximum absolute atomic E-state index is 6.13. The first-order chi connectivity index (χ1) is 7.75. The van der Waals surface area contributed by atoms with Crippen LogP contribution in [0.4, 0.5) is 0 Å². The standard InChI is InChI=1S/C14H20ClN/c1-3-10-16-11-6-7-12(2)13-8-4-5-9-14(13)15/h4-5,7-9,16H,3,6,10-11H2,1-2H3. The summed E-state index contributed by atoms with van der Waals surface area (Å²) < 4.78 is 0. The molecule has 0 bridgehead atoms. The summed E-state index contributed by atoms with van der Waals surface area (Å²) in [6, 6.07) is 7.98. The summed E-state index contributed by atoms with van der Waals surface area (Å²) in [7, 11) is 0. The lowest BCUT2D eigenvalue weighted by Gasteiger charge is -2.05. The van der Waals surface area contributed by atoms with Crippen LogP contribution in [-0.2, 0) is 0 Å². The molecule has 0 heterocycles. The summed E-state index contributed by atoms with van der Waals surface area (Å²) in [6.07, 6.45) is 4.48. The van der Waals surface area contributed by atoms with Crippen LogP contribution >= 0.6 is 11.6 Å². The van der Waals surface area contributed by atoms with Gasteiger partial charge < -0.3 is 5.32 Å². The van der Waals surface area contributed by atoms with E-state index in [9.17, 15) is 0 Å². The molecule has 1 rings (SSSR count). The molecule has 0 aliphatic rings. The molecule has 0 amide bonds. The van der Waals surface area contributed by atoms with E-state index in [4.69, 9.17) is 11.6 Å². The van der Waals surface area contributed by atoms with Crippen molar-refractivity contribution in [1.82, 2.24) is 5.32 Å². The van der Waals surface area contributed by atoms with E-state index in [2.05, 4.69) is 31.3 Å². The molecule has 0 saturated heterocycles. The first kappa shape index (κ1) is 13.3. The fourth-order valence-corrected chi connectivity index (χ4v) is 1.87. The zero-order valence-corrected chi connectivity index (χ0v) is 10.8. The van der Waals surface area contributed by atoms with E-state index in [1.807, 2.05) is 18.2 Å². The van der Waals surface area contributed by atoms with Gasteiger partial charge in [0.15, 0.2) is 0 Å². The number of hydrogen-bond donors (Lipinski definition) is 1. The zero-order chi connectivity index (χ0) is 11.8. The molecule has 0 unspecified atom stereocenters. The van der Waals surface area contributed by atoms with Gasteiger partial charge in [0.05, 0.1) is 0 Å². The number of rotatable bonds is 6. The maximum Gasteiger partial charge on any atom is 0.0480 e. The van der Waals surface area contributed by atoms with Crippen LogP contribution in [0.15, 0.2) is 30.3 Å². The van der Waals surface area contributed by atoms with E-state index in [0.29, 0.717) is 0 Å². The van der Waals surface area contributed by atoms with Crippen molar-refractivity contribution >= 4 is 17.2 Å². The molecule has 0 radical (unpaired) electrons. The lowest BCUT2D eigenvalue weighted by Crippen LogP contribution is -2.15. The van der Waals surface area contributed by atoms with Gasteiger partial charge in [0.2, 0.25) is 0 Å². The highest BCUT2D eigenvalue weighted by atomic mass is 35.5. The van der Waals surface area contributed by atoms with Gasteiger partial charge in [-0.25, -0.2) is 0 Å². The van der Waals surface area contributed by atoms with Gasteiger partial charge in [-0.2, -0.15) is 0 Å². The van der Waals surface area contributed by atoms with Crippen molar-refractivity contribution in [1.29, 1.82) is 0 Å². The Morgan fingerprint density at radius 2 is 2.06 bits per heavy atom. The van der Waals surface area contributed by atoms with Crippen LogP contribution in [0, 0.1) is 0 Å². The van der Waals surface area contributed by atoms with Gasteiger partial charge in [-0.3, -0.25) is 0 Å². The molecule has 1 nitrogen and oxygen atoms in total. The van der Waals surface area contributed by atoms with Crippen molar-refractivity contribution < 1.29 is 0 Å². The molecule has 1 aromatic carbocycles. The Morgan fingerprint density at radius 1 is 1.31 bits per heavy atom. The van der Waals surface area contributed by atoms with E-state index < -0.39 is 0 Å². The Labute approximate surface area is 104 Å². The van der Waals surface area contributed by atoms with Gasteiger partial charge >= 0.3 is 0 Å². The third-order valence-electron chi connectivity index (χ3n) is 2.50. The van der Waals surface area contributed by atoms with E-state index >= 15 is 0 Å². The Bertz CT molecular complexity index is 344. The number of allylic oxidation sites excluding steroid dienone is 1. The third kappa shape index (κ3) is 4.38. The van der Waals surface area contributed by atoms with Crippen molar-refractivity contribution in [3.05, 3.63) is 40.9 Å². The first-order valence-electron chi connectivity index (χ1n) is 5.88. The third-order valence-corrected chi connectivity index (χ3v) is 2.83. The van der Waals surface area contributed by atoms with Crippen molar-refractivity contribution in [3.8, 4) is 0 Å². The molecule has 0 atom stereocenters. The second kappa shape index (κ2) is 7.48. The average Bonchev–Trinajstić information content (AvgIpc) is 2.29. The Morgan fingerprint density at radius 3 is 2.75 bits per heavy atom. The van der Waals surface area contributed by atoms with Crippen LogP contribution in [-0.4, -0.2) is 13.1 Å². The predicted molar refractivity (Wildman–Crippen MR) is 72.9 cm³/mol. The van der Waals surface area contributed by atoms with Gasteiger partial charge in [-0.15, -0.1) is 0 Å². The van der Waals surface area contributed by atoms with Crippen molar-refractivity contribution in [2.45, 2.75) is 26.7 Å². The SMILES string of the molecule is CCCNCCC=C(C)c1ccccc1Cl. The minimum atomic E-state index is 0.831. The molecular formula is C14H20ClN. The molecule has 0 aromatic heterocycles. The molecule has 1 aromatic rings. The fraction of sp³-hybridized carbons (Fsp3) is 0.429. The zero-order valence-electron chi connectivity index (χ0n) is 10.1. The van der Waals surface area contributed by atoms with E-state index in [-0.39, 0.29) is 0 Å². The summed E-state index contributed by atoms with van der Waals surface area (Å²) in [6.45, 7) is 6.42. The van der Waals surface area contributed by atoms with Gasteiger partial charge in [0, 0.05) is 5.02 Å². The molecule has 0 aliphatic carbocycles. The summed E-state index contributed by atoms with van der Waals surface area (Å²) in [5, 5.41) is 4.21. The highest BCUT2D eigenvalue weighted by molar-refractivity contribution is 6.32. The normalized spacial score (nSPS) is 11.8. The number of halogens is 1. The van der Waals surface area contributed by atoms with E-state index in [1.54, 1.807) is 0 Å². The molecule has 0 aliphatic heterocycles. The predicted octanol–water partition coefficient (Wildman–Crippen LogP) is 4.13. The molecule has 0 fully saturated rings. The fourth-order valence-electron chi connectivity index (χ4n) is 1.58. The smallest absolute Gasteiger partial charge is 0.0480 e.